The topological polar surface area (TPSA) is 52.6 Å². The molecule has 4 nitrogen and oxygen atoms in total. The number of halogens is 2. The van der Waals surface area contributed by atoms with E-state index in [2.05, 4.69) is 0 Å². The molecule has 0 radical (unpaired) electrons. The Hall–Kier alpha value is -4.32. The normalized spacial score (nSPS) is 10.6. The molecular formula is C28H20F2O4. The summed E-state index contributed by atoms with van der Waals surface area (Å²) in [6.45, 7) is 0. The Morgan fingerprint density at radius 3 is 1.24 bits per heavy atom. The standard InChI is InChI=1S/C28H20F2O4/c1-33-21-9-3-17(4-10-21)27(31)23-15-19(7-13-25(23)29)20-8-14-26(30)24(16-20)28(32)18-5-11-22(34-2)12-6-18/h3-16H,1-2H3. The third kappa shape index (κ3) is 4.57. The highest BCUT2D eigenvalue weighted by molar-refractivity contribution is 6.11. The minimum Gasteiger partial charge on any atom is -0.497 e. The van der Waals surface area contributed by atoms with Gasteiger partial charge in [0.2, 0.25) is 0 Å². The zero-order valence-electron chi connectivity index (χ0n) is 18.5. The molecule has 4 aromatic carbocycles. The van der Waals surface area contributed by atoms with Crippen LogP contribution in [-0.4, -0.2) is 25.8 Å². The van der Waals surface area contributed by atoms with Crippen molar-refractivity contribution in [1.29, 1.82) is 0 Å². The van der Waals surface area contributed by atoms with Crippen LogP contribution in [0.1, 0.15) is 31.8 Å². The molecule has 0 amide bonds. The van der Waals surface area contributed by atoms with Crippen LogP contribution in [0.4, 0.5) is 8.78 Å². The van der Waals surface area contributed by atoms with Gasteiger partial charge in [-0.25, -0.2) is 8.78 Å². The summed E-state index contributed by atoms with van der Waals surface area (Å²) in [4.78, 5) is 25.8. The summed E-state index contributed by atoms with van der Waals surface area (Å²) in [5.41, 5.74) is 1.28. The van der Waals surface area contributed by atoms with Crippen LogP contribution < -0.4 is 9.47 Å². The molecule has 0 N–H and O–H groups in total. The molecule has 0 atom stereocenters. The van der Waals surface area contributed by atoms with Gasteiger partial charge in [-0.05, 0) is 83.9 Å². The maximum atomic E-state index is 14.6. The minimum absolute atomic E-state index is 0.130. The fourth-order valence-electron chi connectivity index (χ4n) is 3.55. The predicted molar refractivity (Wildman–Crippen MR) is 125 cm³/mol. The van der Waals surface area contributed by atoms with Crippen LogP contribution in [0.25, 0.3) is 11.1 Å². The van der Waals surface area contributed by atoms with Gasteiger partial charge in [-0.3, -0.25) is 9.59 Å². The number of rotatable bonds is 7. The Morgan fingerprint density at radius 1 is 0.559 bits per heavy atom. The van der Waals surface area contributed by atoms with Gasteiger partial charge in [0.1, 0.15) is 23.1 Å². The molecule has 0 saturated carbocycles. The second kappa shape index (κ2) is 9.67. The molecule has 0 unspecified atom stereocenters. The second-order valence-corrected chi connectivity index (χ2v) is 7.50. The van der Waals surface area contributed by atoms with Gasteiger partial charge in [-0.15, -0.1) is 0 Å². The number of benzene rings is 4. The molecule has 0 spiro atoms. The summed E-state index contributed by atoms with van der Waals surface area (Å²) < 4.78 is 39.3. The summed E-state index contributed by atoms with van der Waals surface area (Å²) >= 11 is 0. The molecule has 4 rings (SSSR count). The number of hydrogen-bond donors (Lipinski definition) is 0. The molecule has 4 aromatic rings. The van der Waals surface area contributed by atoms with Gasteiger partial charge in [0.05, 0.1) is 25.3 Å². The van der Waals surface area contributed by atoms with E-state index < -0.39 is 23.2 Å². The fourth-order valence-corrected chi connectivity index (χ4v) is 3.55. The van der Waals surface area contributed by atoms with Gasteiger partial charge >= 0.3 is 0 Å². The van der Waals surface area contributed by atoms with Gasteiger partial charge in [-0.2, -0.15) is 0 Å². The van der Waals surface area contributed by atoms with E-state index in [1.165, 1.54) is 50.6 Å². The van der Waals surface area contributed by atoms with Crippen molar-refractivity contribution < 1.29 is 27.8 Å². The summed E-state index contributed by atoms with van der Waals surface area (Å²) in [6.07, 6.45) is 0. The lowest BCUT2D eigenvalue weighted by molar-refractivity contribution is 0.102. The lowest BCUT2D eigenvalue weighted by Gasteiger charge is -2.10. The molecule has 0 saturated heterocycles. The number of hydrogen-bond acceptors (Lipinski definition) is 4. The Kier molecular flexibility index (Phi) is 6.50. The SMILES string of the molecule is COc1ccc(C(=O)c2cc(-c3ccc(F)c(C(=O)c4ccc(OC)cc4)c3)ccc2F)cc1. The van der Waals surface area contributed by atoms with Gasteiger partial charge in [0.15, 0.2) is 11.6 Å². The average molecular weight is 458 g/mol. The monoisotopic (exact) mass is 458 g/mol. The Balaban J connectivity index is 1.69. The summed E-state index contributed by atoms with van der Waals surface area (Å²) in [7, 11) is 3.02. The number of methoxy groups -OCH3 is 2. The van der Waals surface area contributed by atoms with E-state index in [9.17, 15) is 18.4 Å². The van der Waals surface area contributed by atoms with E-state index in [1.54, 1.807) is 48.5 Å². The summed E-state index contributed by atoms with van der Waals surface area (Å²) in [5.74, 6) is -1.21. The molecule has 0 aliphatic carbocycles. The van der Waals surface area contributed by atoms with Crippen molar-refractivity contribution in [2.75, 3.05) is 14.2 Å². The summed E-state index contributed by atoms with van der Waals surface area (Å²) in [5, 5.41) is 0. The van der Waals surface area contributed by atoms with E-state index in [1.807, 2.05) is 0 Å². The van der Waals surface area contributed by atoms with Gasteiger partial charge in [0, 0.05) is 11.1 Å². The first kappa shape index (κ1) is 22.9. The van der Waals surface area contributed by atoms with Gasteiger partial charge in [-0.1, -0.05) is 12.1 Å². The highest BCUT2D eigenvalue weighted by Gasteiger charge is 2.18. The first-order valence-electron chi connectivity index (χ1n) is 10.4. The van der Waals surface area contributed by atoms with Crippen LogP contribution in [0.15, 0.2) is 84.9 Å². The van der Waals surface area contributed by atoms with Gasteiger partial charge in [0.25, 0.3) is 0 Å². The fraction of sp³-hybridized carbons (Fsp3) is 0.0714. The molecule has 0 aliphatic heterocycles. The molecule has 170 valence electrons. The average Bonchev–Trinajstić information content (AvgIpc) is 2.88. The van der Waals surface area contributed by atoms with Crippen LogP contribution in [0.3, 0.4) is 0 Å². The van der Waals surface area contributed by atoms with E-state index in [0.29, 0.717) is 33.8 Å². The number of ether oxygens (including phenoxy) is 2. The van der Waals surface area contributed by atoms with Crippen molar-refractivity contribution in [3.05, 3.63) is 119 Å². The van der Waals surface area contributed by atoms with Crippen molar-refractivity contribution in [3.8, 4) is 22.6 Å². The third-order valence-corrected chi connectivity index (χ3v) is 5.46. The van der Waals surface area contributed by atoms with E-state index in [-0.39, 0.29) is 11.1 Å². The highest BCUT2D eigenvalue weighted by atomic mass is 19.1. The smallest absolute Gasteiger partial charge is 0.195 e. The maximum absolute atomic E-state index is 14.6. The zero-order chi connectivity index (χ0) is 24.2. The molecule has 0 bridgehead atoms. The zero-order valence-corrected chi connectivity index (χ0v) is 18.5. The van der Waals surface area contributed by atoms with Crippen LogP contribution in [0.2, 0.25) is 0 Å². The second-order valence-electron chi connectivity index (χ2n) is 7.50. The van der Waals surface area contributed by atoms with Crippen LogP contribution in [-0.2, 0) is 0 Å². The van der Waals surface area contributed by atoms with E-state index >= 15 is 0 Å². The summed E-state index contributed by atoms with van der Waals surface area (Å²) in [6, 6.07) is 20.8. The molecule has 0 aliphatic rings. The quantitative estimate of drug-likeness (QED) is 0.314. The molecular weight excluding hydrogens is 438 g/mol. The largest absolute Gasteiger partial charge is 0.497 e. The molecule has 6 heteroatoms. The first-order chi connectivity index (χ1) is 16.4. The van der Waals surface area contributed by atoms with Crippen molar-refractivity contribution in [2.45, 2.75) is 0 Å². The lowest BCUT2D eigenvalue weighted by Crippen LogP contribution is -2.06. The lowest BCUT2D eigenvalue weighted by atomic mass is 9.95. The molecule has 0 aromatic heterocycles. The molecule has 0 fully saturated rings. The van der Waals surface area contributed by atoms with Crippen molar-refractivity contribution in [2.24, 2.45) is 0 Å². The number of carbonyl (C=O) groups excluding carboxylic acids is 2. The molecule has 34 heavy (non-hydrogen) atoms. The van der Waals surface area contributed by atoms with E-state index in [0.717, 1.165) is 0 Å². The first-order valence-corrected chi connectivity index (χ1v) is 10.4. The number of ketones is 2. The number of carbonyl (C=O) groups is 2. The van der Waals surface area contributed by atoms with Crippen LogP contribution in [0, 0.1) is 11.6 Å². The predicted octanol–water partition coefficient (Wildman–Crippen LogP) is 6.11. The van der Waals surface area contributed by atoms with Crippen molar-refractivity contribution in [3.63, 3.8) is 0 Å². The Morgan fingerprint density at radius 2 is 0.912 bits per heavy atom. The van der Waals surface area contributed by atoms with Crippen molar-refractivity contribution in [1.82, 2.24) is 0 Å². The minimum atomic E-state index is -0.679. The van der Waals surface area contributed by atoms with Gasteiger partial charge < -0.3 is 9.47 Å². The Bertz CT molecular complexity index is 1250. The third-order valence-electron chi connectivity index (χ3n) is 5.46. The Labute approximate surface area is 195 Å². The maximum Gasteiger partial charge on any atom is 0.195 e. The highest BCUT2D eigenvalue weighted by Crippen LogP contribution is 2.27. The van der Waals surface area contributed by atoms with Crippen LogP contribution in [0.5, 0.6) is 11.5 Å². The van der Waals surface area contributed by atoms with Crippen LogP contribution >= 0.6 is 0 Å². The van der Waals surface area contributed by atoms with E-state index in [4.69, 9.17) is 9.47 Å². The molecule has 0 heterocycles. The van der Waals surface area contributed by atoms with Crippen molar-refractivity contribution >= 4 is 11.6 Å².